The summed E-state index contributed by atoms with van der Waals surface area (Å²) in [4.78, 5) is 0. The van der Waals surface area contributed by atoms with Crippen molar-refractivity contribution in [3.8, 4) is 0 Å². The number of hydrogen-bond acceptors (Lipinski definition) is 6. The normalized spacial score (nSPS) is 21.8. The summed E-state index contributed by atoms with van der Waals surface area (Å²) < 4.78 is 0. The van der Waals surface area contributed by atoms with E-state index in [9.17, 15) is 0 Å². The summed E-state index contributed by atoms with van der Waals surface area (Å²) in [5, 5.41) is 11.4. The van der Waals surface area contributed by atoms with Gasteiger partial charge in [0.15, 0.2) is 0 Å². The monoisotopic (exact) mass is 528 g/mol. The van der Waals surface area contributed by atoms with Crippen LogP contribution in [0.2, 0.25) is 0 Å². The Balaban J connectivity index is 1.28. The fourth-order valence-corrected chi connectivity index (χ4v) is 5.74. The lowest BCUT2D eigenvalue weighted by Crippen LogP contribution is -2.54. The average molecular weight is 529 g/mol. The zero-order valence-electron chi connectivity index (χ0n) is 23.2. The molecule has 0 spiro atoms. The first-order chi connectivity index (χ1) is 19.0. The van der Waals surface area contributed by atoms with Crippen LogP contribution in [0.15, 0.2) is 91.0 Å². The van der Waals surface area contributed by atoms with Crippen LogP contribution in [0.25, 0.3) is 0 Å². The molecule has 0 amide bonds. The largest absolute Gasteiger partial charge is 0.326 e. The van der Waals surface area contributed by atoms with Crippen molar-refractivity contribution in [2.24, 2.45) is 17.2 Å². The van der Waals surface area contributed by atoms with Gasteiger partial charge >= 0.3 is 0 Å². The molecular weight excluding hydrogens is 480 g/mol. The average Bonchev–Trinajstić information content (AvgIpc) is 2.95. The zero-order valence-corrected chi connectivity index (χ0v) is 23.2. The van der Waals surface area contributed by atoms with Gasteiger partial charge in [-0.05, 0) is 55.2 Å². The van der Waals surface area contributed by atoms with Gasteiger partial charge in [-0.25, -0.2) is 0 Å². The third kappa shape index (κ3) is 10.8. The van der Waals surface area contributed by atoms with Gasteiger partial charge < -0.3 is 33.2 Å². The smallest absolute Gasteiger partial charge is 0.0206 e. The van der Waals surface area contributed by atoms with E-state index < -0.39 is 0 Å². The molecule has 1 fully saturated rings. The van der Waals surface area contributed by atoms with Crippen molar-refractivity contribution < 1.29 is 0 Å². The van der Waals surface area contributed by atoms with Crippen LogP contribution in [0.5, 0.6) is 0 Å². The molecule has 0 heterocycles. The van der Waals surface area contributed by atoms with E-state index in [4.69, 9.17) is 17.2 Å². The third-order valence-corrected chi connectivity index (χ3v) is 7.74. The van der Waals surface area contributed by atoms with Crippen LogP contribution < -0.4 is 33.2 Å². The Morgan fingerprint density at radius 3 is 0.974 bits per heavy atom. The number of hydrogen-bond donors (Lipinski definition) is 6. The molecule has 1 aliphatic carbocycles. The molecule has 3 aromatic rings. The molecule has 0 saturated heterocycles. The molecule has 3 aromatic carbocycles. The molecule has 210 valence electrons. The third-order valence-electron chi connectivity index (χ3n) is 7.74. The molecular formula is C33H48N6. The molecule has 0 radical (unpaired) electrons. The predicted molar refractivity (Wildman–Crippen MR) is 164 cm³/mol. The van der Waals surface area contributed by atoms with Crippen LogP contribution in [-0.2, 0) is 19.3 Å². The highest BCUT2D eigenvalue weighted by atomic mass is 15.0. The number of benzene rings is 3. The predicted octanol–water partition coefficient (Wildman–Crippen LogP) is 2.75. The first-order valence-corrected chi connectivity index (χ1v) is 14.6. The van der Waals surface area contributed by atoms with Crippen LogP contribution in [0.3, 0.4) is 0 Å². The Bertz CT molecular complexity index is 905. The lowest BCUT2D eigenvalue weighted by atomic mass is 9.86. The number of nitrogens with two attached hydrogens (primary N) is 3. The van der Waals surface area contributed by atoms with E-state index in [2.05, 4.69) is 88.7 Å². The van der Waals surface area contributed by atoms with Crippen LogP contribution in [-0.4, -0.2) is 55.9 Å². The van der Waals surface area contributed by atoms with Gasteiger partial charge in [-0.2, -0.15) is 0 Å². The van der Waals surface area contributed by atoms with E-state index in [0.717, 1.165) is 58.2 Å². The molecule has 2 unspecified atom stereocenters. The van der Waals surface area contributed by atoms with E-state index in [1.165, 1.54) is 16.7 Å². The lowest BCUT2D eigenvalue weighted by molar-refractivity contribution is 0.242. The van der Waals surface area contributed by atoms with Crippen molar-refractivity contribution in [2.45, 2.75) is 74.8 Å². The van der Waals surface area contributed by atoms with Crippen LogP contribution in [0, 0.1) is 0 Å². The SMILES string of the molecule is N[C@H](CNC1CC(NC[C@H](N)Cc2ccccc2)CC(NC[C@H](N)Cc2ccccc2)C1)Cc1ccccc1. The zero-order chi connectivity index (χ0) is 27.3. The molecule has 39 heavy (non-hydrogen) atoms. The van der Waals surface area contributed by atoms with Crippen molar-refractivity contribution in [1.29, 1.82) is 0 Å². The summed E-state index contributed by atoms with van der Waals surface area (Å²) in [6.07, 6.45) is 5.87. The highest BCUT2D eigenvalue weighted by Gasteiger charge is 2.29. The first kappa shape index (κ1) is 29.4. The minimum Gasteiger partial charge on any atom is -0.326 e. The quantitative estimate of drug-likeness (QED) is 0.181. The van der Waals surface area contributed by atoms with Gasteiger partial charge in [0.05, 0.1) is 0 Å². The summed E-state index contributed by atoms with van der Waals surface area (Å²) in [6.45, 7) is 2.42. The fraction of sp³-hybridized carbons (Fsp3) is 0.455. The highest BCUT2D eigenvalue weighted by molar-refractivity contribution is 5.17. The second-order valence-corrected chi connectivity index (χ2v) is 11.4. The number of rotatable bonds is 15. The molecule has 4 rings (SSSR count). The molecule has 6 nitrogen and oxygen atoms in total. The van der Waals surface area contributed by atoms with Crippen molar-refractivity contribution in [3.63, 3.8) is 0 Å². The maximum absolute atomic E-state index is 6.51. The Morgan fingerprint density at radius 2 is 0.718 bits per heavy atom. The van der Waals surface area contributed by atoms with E-state index in [-0.39, 0.29) is 18.1 Å². The molecule has 0 aliphatic heterocycles. The molecule has 6 heteroatoms. The summed E-state index contributed by atoms with van der Waals surface area (Å²) in [7, 11) is 0. The van der Waals surface area contributed by atoms with Gasteiger partial charge in [0.2, 0.25) is 0 Å². The molecule has 0 bridgehead atoms. The molecule has 1 saturated carbocycles. The van der Waals surface area contributed by atoms with E-state index in [1.807, 2.05) is 18.2 Å². The highest BCUT2D eigenvalue weighted by Crippen LogP contribution is 2.20. The van der Waals surface area contributed by atoms with Crippen LogP contribution >= 0.6 is 0 Å². The molecule has 5 atom stereocenters. The van der Waals surface area contributed by atoms with Crippen molar-refractivity contribution in [1.82, 2.24) is 16.0 Å². The van der Waals surface area contributed by atoms with Gasteiger partial charge in [0, 0.05) is 55.9 Å². The summed E-state index contributed by atoms with van der Waals surface area (Å²) in [5.41, 5.74) is 23.4. The summed E-state index contributed by atoms with van der Waals surface area (Å²) >= 11 is 0. The molecule has 0 aromatic heterocycles. The van der Waals surface area contributed by atoms with Crippen LogP contribution in [0.1, 0.15) is 36.0 Å². The van der Waals surface area contributed by atoms with Gasteiger partial charge in [-0.3, -0.25) is 0 Å². The van der Waals surface area contributed by atoms with Gasteiger partial charge in [0.25, 0.3) is 0 Å². The van der Waals surface area contributed by atoms with Crippen LogP contribution in [0.4, 0.5) is 0 Å². The Hall–Kier alpha value is -2.58. The topological polar surface area (TPSA) is 114 Å². The Kier molecular flexibility index (Phi) is 12.0. The van der Waals surface area contributed by atoms with E-state index >= 15 is 0 Å². The first-order valence-electron chi connectivity index (χ1n) is 14.6. The molecule has 9 N–H and O–H groups in total. The second kappa shape index (κ2) is 15.9. The van der Waals surface area contributed by atoms with E-state index in [0.29, 0.717) is 18.1 Å². The van der Waals surface area contributed by atoms with Gasteiger partial charge in [-0.15, -0.1) is 0 Å². The van der Waals surface area contributed by atoms with Gasteiger partial charge in [0.1, 0.15) is 0 Å². The van der Waals surface area contributed by atoms with Crippen molar-refractivity contribution in [2.75, 3.05) is 19.6 Å². The standard InChI is InChI=1S/C33H48N6/c34-28(16-25-10-4-1-5-11-25)22-37-31-19-32(38-23-29(35)17-26-12-6-2-7-13-26)21-33(20-31)39-24-30(36)18-27-14-8-3-9-15-27/h1-15,28-33,37-39H,16-24,34-36H2/t28-,29-,30+,31?,32?,33?/m1/s1. The maximum Gasteiger partial charge on any atom is 0.0206 e. The van der Waals surface area contributed by atoms with Crippen molar-refractivity contribution >= 4 is 0 Å². The summed E-state index contributed by atoms with van der Waals surface area (Å²) in [6, 6.07) is 33.0. The van der Waals surface area contributed by atoms with E-state index in [1.54, 1.807) is 0 Å². The minimum absolute atomic E-state index is 0.0886. The number of nitrogens with one attached hydrogen (secondary N) is 3. The molecule has 1 aliphatic rings. The lowest BCUT2D eigenvalue weighted by Gasteiger charge is -2.38. The summed E-state index contributed by atoms with van der Waals surface area (Å²) in [5.74, 6) is 0. The maximum atomic E-state index is 6.51. The van der Waals surface area contributed by atoms with Crippen molar-refractivity contribution in [3.05, 3.63) is 108 Å². The second-order valence-electron chi connectivity index (χ2n) is 11.4. The Labute approximate surface area is 235 Å². The fourth-order valence-electron chi connectivity index (χ4n) is 5.74. The Morgan fingerprint density at radius 1 is 0.462 bits per heavy atom. The van der Waals surface area contributed by atoms with Gasteiger partial charge in [-0.1, -0.05) is 91.0 Å². The minimum atomic E-state index is 0.0886.